The lowest BCUT2D eigenvalue weighted by atomic mass is 10.1. The zero-order valence-electron chi connectivity index (χ0n) is 11.0. The summed E-state index contributed by atoms with van der Waals surface area (Å²) in [5.41, 5.74) is 1.19. The van der Waals surface area contributed by atoms with E-state index in [9.17, 15) is 4.79 Å². The molecule has 0 spiro atoms. The third-order valence-corrected chi connectivity index (χ3v) is 3.51. The van der Waals surface area contributed by atoms with Crippen LogP contribution >= 0.6 is 23.2 Å². The summed E-state index contributed by atoms with van der Waals surface area (Å²) in [7, 11) is 0. The summed E-state index contributed by atoms with van der Waals surface area (Å²) >= 11 is 12.1. The predicted molar refractivity (Wildman–Crippen MR) is 81.3 cm³/mol. The minimum Gasteiger partial charge on any atom is -0.305 e. The molecule has 0 bridgehead atoms. The molecule has 0 N–H and O–H groups in total. The molecule has 0 fully saturated rings. The van der Waals surface area contributed by atoms with E-state index in [2.05, 4.69) is 0 Å². The van der Waals surface area contributed by atoms with E-state index < -0.39 is 0 Å². The summed E-state index contributed by atoms with van der Waals surface area (Å²) < 4.78 is 1.56. The Morgan fingerprint density at radius 2 is 1.90 bits per heavy atom. The van der Waals surface area contributed by atoms with Crippen molar-refractivity contribution < 1.29 is 0 Å². The minimum atomic E-state index is -0.314. The maximum atomic E-state index is 12.3. The summed E-state index contributed by atoms with van der Waals surface area (Å²) in [6, 6.07) is 10.2. The number of aromatic nitrogens is 1. The number of nitrogens with zero attached hydrogens (tertiary/aromatic N) is 2. The number of halogens is 2. The van der Waals surface area contributed by atoms with Gasteiger partial charge in [-0.1, -0.05) is 23.2 Å². The van der Waals surface area contributed by atoms with Crippen LogP contribution in [0.15, 0.2) is 35.1 Å². The lowest BCUT2D eigenvalue weighted by molar-refractivity contribution is 0.584. The SMILES string of the molecule is CC(C)n1c(-c2ccc(Cl)cc2Cl)ccc(C#N)c1=O. The van der Waals surface area contributed by atoms with Crippen LogP contribution < -0.4 is 5.56 Å². The molecule has 0 saturated heterocycles. The van der Waals surface area contributed by atoms with Gasteiger partial charge in [0.1, 0.15) is 11.6 Å². The Morgan fingerprint density at radius 1 is 1.20 bits per heavy atom. The smallest absolute Gasteiger partial charge is 0.269 e. The molecule has 5 heteroatoms. The molecule has 0 radical (unpaired) electrons. The number of hydrogen-bond donors (Lipinski definition) is 0. The van der Waals surface area contributed by atoms with Crippen LogP contribution in [-0.4, -0.2) is 4.57 Å². The van der Waals surface area contributed by atoms with Crippen molar-refractivity contribution in [2.75, 3.05) is 0 Å². The van der Waals surface area contributed by atoms with Crippen molar-refractivity contribution in [2.45, 2.75) is 19.9 Å². The van der Waals surface area contributed by atoms with E-state index in [4.69, 9.17) is 28.5 Å². The highest BCUT2D eigenvalue weighted by Gasteiger charge is 2.15. The monoisotopic (exact) mass is 306 g/mol. The highest BCUT2D eigenvalue weighted by Crippen LogP contribution is 2.30. The Kier molecular flexibility index (Phi) is 4.17. The van der Waals surface area contributed by atoms with Gasteiger partial charge in [-0.3, -0.25) is 4.79 Å². The lowest BCUT2D eigenvalue weighted by Gasteiger charge is -2.17. The molecule has 20 heavy (non-hydrogen) atoms. The van der Waals surface area contributed by atoms with Gasteiger partial charge < -0.3 is 4.57 Å². The van der Waals surface area contributed by atoms with Crippen molar-refractivity contribution >= 4 is 23.2 Å². The largest absolute Gasteiger partial charge is 0.305 e. The fraction of sp³-hybridized carbons (Fsp3) is 0.200. The van der Waals surface area contributed by atoms with Gasteiger partial charge in [-0.15, -0.1) is 0 Å². The molecule has 0 aliphatic rings. The Balaban J connectivity index is 2.78. The molecule has 1 aromatic heterocycles. The summed E-state index contributed by atoms with van der Waals surface area (Å²) in [5.74, 6) is 0. The van der Waals surface area contributed by atoms with E-state index in [1.54, 1.807) is 28.8 Å². The van der Waals surface area contributed by atoms with Gasteiger partial charge in [-0.05, 0) is 44.2 Å². The third kappa shape index (κ3) is 2.58. The molecule has 0 unspecified atom stereocenters. The predicted octanol–water partition coefficient (Wildman–Crippen LogP) is 4.27. The molecule has 0 atom stereocenters. The van der Waals surface area contributed by atoms with Crippen LogP contribution in [0.4, 0.5) is 0 Å². The van der Waals surface area contributed by atoms with E-state index >= 15 is 0 Å². The Morgan fingerprint density at radius 3 is 2.45 bits per heavy atom. The van der Waals surface area contributed by atoms with Gasteiger partial charge in [-0.25, -0.2) is 0 Å². The molecule has 102 valence electrons. The molecule has 3 nitrogen and oxygen atoms in total. The van der Waals surface area contributed by atoms with Gasteiger partial charge in [-0.2, -0.15) is 5.26 Å². The molecular formula is C15H12Cl2N2O. The van der Waals surface area contributed by atoms with E-state index in [1.165, 1.54) is 6.07 Å². The van der Waals surface area contributed by atoms with E-state index in [-0.39, 0.29) is 17.2 Å². The van der Waals surface area contributed by atoms with Crippen molar-refractivity contribution in [3.8, 4) is 17.3 Å². The molecule has 0 aliphatic heterocycles. The number of pyridine rings is 1. The van der Waals surface area contributed by atoms with Crippen LogP contribution in [0.2, 0.25) is 10.0 Å². The van der Waals surface area contributed by atoms with Crippen molar-refractivity contribution in [3.05, 3.63) is 56.3 Å². The van der Waals surface area contributed by atoms with Crippen LogP contribution in [0.25, 0.3) is 11.3 Å². The molecule has 1 heterocycles. The van der Waals surface area contributed by atoms with Gasteiger partial charge in [0.25, 0.3) is 5.56 Å². The number of hydrogen-bond acceptors (Lipinski definition) is 2. The second-order valence-corrected chi connectivity index (χ2v) is 5.48. The standard InChI is InChI=1S/C15H12Cl2N2O/c1-9(2)19-14(6-3-10(8-18)15(19)20)12-5-4-11(16)7-13(12)17/h3-7,9H,1-2H3. The molecule has 0 saturated carbocycles. The topological polar surface area (TPSA) is 45.8 Å². The number of benzene rings is 1. The first-order chi connectivity index (χ1) is 9.45. The quantitative estimate of drug-likeness (QED) is 0.831. The fourth-order valence-corrected chi connectivity index (χ4v) is 2.57. The zero-order chi connectivity index (χ0) is 14.9. The van der Waals surface area contributed by atoms with Crippen LogP contribution in [-0.2, 0) is 0 Å². The maximum absolute atomic E-state index is 12.3. The highest BCUT2D eigenvalue weighted by atomic mass is 35.5. The van der Waals surface area contributed by atoms with E-state index in [0.29, 0.717) is 21.3 Å². The molecule has 2 aromatic rings. The first-order valence-corrected chi connectivity index (χ1v) is 6.82. The average Bonchev–Trinajstić information content (AvgIpc) is 2.38. The Hall–Kier alpha value is -1.76. The van der Waals surface area contributed by atoms with Gasteiger partial charge in [0.15, 0.2) is 0 Å². The molecule has 2 rings (SSSR count). The van der Waals surface area contributed by atoms with Gasteiger partial charge in [0, 0.05) is 16.6 Å². The first kappa shape index (κ1) is 14.6. The molecule has 0 aliphatic carbocycles. The van der Waals surface area contributed by atoms with Gasteiger partial charge >= 0.3 is 0 Å². The fourth-order valence-electron chi connectivity index (χ4n) is 2.07. The van der Waals surface area contributed by atoms with Crippen molar-refractivity contribution in [1.82, 2.24) is 4.57 Å². The van der Waals surface area contributed by atoms with Crippen molar-refractivity contribution in [1.29, 1.82) is 5.26 Å². The summed E-state index contributed by atoms with van der Waals surface area (Å²) in [6.45, 7) is 3.77. The van der Waals surface area contributed by atoms with Crippen molar-refractivity contribution in [3.63, 3.8) is 0 Å². The Bertz CT molecular complexity index is 757. The minimum absolute atomic E-state index is 0.0856. The number of nitriles is 1. The Labute approximate surface area is 127 Å². The summed E-state index contributed by atoms with van der Waals surface area (Å²) in [5, 5.41) is 9.97. The number of rotatable bonds is 2. The van der Waals surface area contributed by atoms with Gasteiger partial charge in [0.05, 0.1) is 10.7 Å². The van der Waals surface area contributed by atoms with Gasteiger partial charge in [0.2, 0.25) is 0 Å². The van der Waals surface area contributed by atoms with Crippen LogP contribution in [0.1, 0.15) is 25.5 Å². The summed E-state index contributed by atoms with van der Waals surface area (Å²) in [6.07, 6.45) is 0. The first-order valence-electron chi connectivity index (χ1n) is 6.06. The maximum Gasteiger partial charge on any atom is 0.269 e. The second-order valence-electron chi connectivity index (χ2n) is 4.64. The normalized spacial score (nSPS) is 10.6. The third-order valence-electron chi connectivity index (χ3n) is 2.96. The van der Waals surface area contributed by atoms with E-state index in [0.717, 1.165) is 0 Å². The second kappa shape index (κ2) is 5.70. The summed E-state index contributed by atoms with van der Waals surface area (Å²) in [4.78, 5) is 12.3. The van der Waals surface area contributed by atoms with Crippen LogP contribution in [0.3, 0.4) is 0 Å². The molecule has 1 aromatic carbocycles. The molecule has 0 amide bonds. The van der Waals surface area contributed by atoms with Crippen LogP contribution in [0.5, 0.6) is 0 Å². The highest BCUT2D eigenvalue weighted by molar-refractivity contribution is 6.36. The van der Waals surface area contributed by atoms with Crippen molar-refractivity contribution in [2.24, 2.45) is 0 Å². The average molecular weight is 307 g/mol. The van der Waals surface area contributed by atoms with Crippen LogP contribution in [0, 0.1) is 11.3 Å². The lowest BCUT2D eigenvalue weighted by Crippen LogP contribution is -2.25. The zero-order valence-corrected chi connectivity index (χ0v) is 12.5. The molecular weight excluding hydrogens is 295 g/mol. The van der Waals surface area contributed by atoms with E-state index in [1.807, 2.05) is 19.9 Å².